The molecule has 1 amide bonds. The number of hydrogen-bond donors (Lipinski definition) is 2. The van der Waals surface area contributed by atoms with Gasteiger partial charge in [0.25, 0.3) is 0 Å². The fourth-order valence-corrected chi connectivity index (χ4v) is 3.69. The van der Waals surface area contributed by atoms with Crippen molar-refractivity contribution < 1.29 is 9.53 Å². The molecule has 134 valence electrons. The van der Waals surface area contributed by atoms with Crippen LogP contribution in [0, 0.1) is 0 Å². The van der Waals surface area contributed by atoms with Gasteiger partial charge in [-0.05, 0) is 51.9 Å². The van der Waals surface area contributed by atoms with Crippen molar-refractivity contribution in [2.45, 2.75) is 44.1 Å². The third-order valence-corrected chi connectivity index (χ3v) is 5.20. The average Bonchev–Trinajstić information content (AvgIpc) is 3.24. The SMILES string of the molecule is CN1CCC(NC(=O)C2CCC(n3ccc4c(N)ncnc43)O2)CC1. The summed E-state index contributed by atoms with van der Waals surface area (Å²) in [5.74, 6) is 0.459. The van der Waals surface area contributed by atoms with Crippen LogP contribution in [0.1, 0.15) is 31.9 Å². The van der Waals surface area contributed by atoms with Crippen LogP contribution < -0.4 is 11.1 Å². The minimum absolute atomic E-state index is 0.00246. The van der Waals surface area contributed by atoms with Crippen molar-refractivity contribution in [3.05, 3.63) is 18.6 Å². The Bertz CT molecular complexity index is 768. The second-order valence-electron chi connectivity index (χ2n) is 6.96. The highest BCUT2D eigenvalue weighted by Gasteiger charge is 2.33. The van der Waals surface area contributed by atoms with E-state index in [2.05, 4.69) is 27.2 Å². The van der Waals surface area contributed by atoms with E-state index in [1.807, 2.05) is 16.8 Å². The number of ether oxygens (including phenoxy) is 1. The van der Waals surface area contributed by atoms with Crippen molar-refractivity contribution in [1.29, 1.82) is 0 Å². The zero-order valence-electron chi connectivity index (χ0n) is 14.4. The van der Waals surface area contributed by atoms with Gasteiger partial charge in [-0.3, -0.25) is 4.79 Å². The lowest BCUT2D eigenvalue weighted by Crippen LogP contribution is -2.46. The number of rotatable bonds is 3. The Labute approximate surface area is 146 Å². The van der Waals surface area contributed by atoms with Crippen LogP contribution in [0.25, 0.3) is 11.0 Å². The number of likely N-dealkylation sites (tertiary alicyclic amines) is 1. The molecular formula is C17H24N6O2. The van der Waals surface area contributed by atoms with Crippen molar-refractivity contribution >= 4 is 22.8 Å². The van der Waals surface area contributed by atoms with Gasteiger partial charge in [0, 0.05) is 12.2 Å². The largest absolute Gasteiger partial charge is 0.383 e. The molecule has 2 fully saturated rings. The van der Waals surface area contributed by atoms with E-state index in [1.165, 1.54) is 6.33 Å². The van der Waals surface area contributed by atoms with Gasteiger partial charge >= 0.3 is 0 Å². The van der Waals surface area contributed by atoms with Gasteiger partial charge in [0.15, 0.2) is 0 Å². The fraction of sp³-hybridized carbons (Fsp3) is 0.588. The van der Waals surface area contributed by atoms with Crippen molar-refractivity contribution in [3.63, 3.8) is 0 Å². The molecule has 8 heteroatoms. The summed E-state index contributed by atoms with van der Waals surface area (Å²) < 4.78 is 7.96. The summed E-state index contributed by atoms with van der Waals surface area (Å²) in [6.45, 7) is 2.05. The quantitative estimate of drug-likeness (QED) is 0.858. The van der Waals surface area contributed by atoms with E-state index >= 15 is 0 Å². The Morgan fingerprint density at radius 1 is 1.28 bits per heavy atom. The van der Waals surface area contributed by atoms with Gasteiger partial charge < -0.3 is 25.3 Å². The first-order valence-electron chi connectivity index (χ1n) is 8.83. The molecule has 3 N–H and O–H groups in total. The summed E-state index contributed by atoms with van der Waals surface area (Å²) in [7, 11) is 2.11. The van der Waals surface area contributed by atoms with Crippen LogP contribution in [-0.4, -0.2) is 57.6 Å². The lowest BCUT2D eigenvalue weighted by molar-refractivity contribution is -0.135. The molecule has 25 heavy (non-hydrogen) atoms. The van der Waals surface area contributed by atoms with Gasteiger partial charge in [0.05, 0.1) is 5.39 Å². The highest BCUT2D eigenvalue weighted by molar-refractivity contribution is 5.86. The second-order valence-corrected chi connectivity index (χ2v) is 6.96. The molecule has 2 atom stereocenters. The number of carbonyl (C=O) groups is 1. The summed E-state index contributed by atoms with van der Waals surface area (Å²) in [4.78, 5) is 23.1. The summed E-state index contributed by atoms with van der Waals surface area (Å²) >= 11 is 0. The molecule has 2 aliphatic rings. The molecule has 0 bridgehead atoms. The van der Waals surface area contributed by atoms with E-state index in [-0.39, 0.29) is 18.2 Å². The Morgan fingerprint density at radius 2 is 2.08 bits per heavy atom. The van der Waals surface area contributed by atoms with Crippen LogP contribution in [0.4, 0.5) is 5.82 Å². The van der Waals surface area contributed by atoms with Gasteiger partial charge in [-0.15, -0.1) is 0 Å². The van der Waals surface area contributed by atoms with Gasteiger partial charge in [-0.1, -0.05) is 0 Å². The van der Waals surface area contributed by atoms with Gasteiger partial charge in [0.2, 0.25) is 5.91 Å². The predicted molar refractivity (Wildman–Crippen MR) is 93.7 cm³/mol. The maximum absolute atomic E-state index is 12.5. The highest BCUT2D eigenvalue weighted by Crippen LogP contribution is 2.32. The number of anilines is 1. The molecule has 4 rings (SSSR count). The fourth-order valence-electron chi connectivity index (χ4n) is 3.69. The number of piperidine rings is 1. The molecule has 0 aliphatic carbocycles. The highest BCUT2D eigenvalue weighted by atomic mass is 16.5. The number of amides is 1. The average molecular weight is 344 g/mol. The van der Waals surface area contributed by atoms with E-state index in [0.29, 0.717) is 12.2 Å². The minimum atomic E-state index is -0.402. The molecule has 2 aromatic heterocycles. The lowest BCUT2D eigenvalue weighted by atomic mass is 10.1. The van der Waals surface area contributed by atoms with Crippen molar-refractivity contribution in [3.8, 4) is 0 Å². The molecule has 4 heterocycles. The summed E-state index contributed by atoms with van der Waals surface area (Å²) in [6.07, 6.45) is 6.24. The topological polar surface area (TPSA) is 98.3 Å². The van der Waals surface area contributed by atoms with Gasteiger partial charge in [-0.2, -0.15) is 0 Å². The lowest BCUT2D eigenvalue weighted by Gasteiger charge is -2.30. The molecule has 8 nitrogen and oxygen atoms in total. The number of nitrogens with zero attached hydrogens (tertiary/aromatic N) is 4. The van der Waals surface area contributed by atoms with Crippen molar-refractivity contribution in [2.24, 2.45) is 0 Å². The number of nitrogens with one attached hydrogen (secondary N) is 1. The van der Waals surface area contributed by atoms with Crippen LogP contribution in [-0.2, 0) is 9.53 Å². The van der Waals surface area contributed by atoms with Crippen LogP contribution >= 0.6 is 0 Å². The molecule has 0 aromatic carbocycles. The third-order valence-electron chi connectivity index (χ3n) is 5.20. The first kappa shape index (κ1) is 16.3. The maximum atomic E-state index is 12.5. The summed E-state index contributed by atoms with van der Waals surface area (Å²) in [5.41, 5.74) is 6.63. The van der Waals surface area contributed by atoms with E-state index in [1.54, 1.807) is 0 Å². The van der Waals surface area contributed by atoms with Crippen LogP contribution in [0.3, 0.4) is 0 Å². The van der Waals surface area contributed by atoms with Crippen LogP contribution in [0.5, 0.6) is 0 Å². The Hall–Kier alpha value is -2.19. The standard InChI is InChI=1S/C17H24N6O2/c1-22-7-4-11(5-8-22)21-17(24)13-2-3-14(25-13)23-9-6-12-15(18)19-10-20-16(12)23/h6,9-11,13-14H,2-5,7-8H2,1H3,(H,21,24)(H2,18,19,20). The third kappa shape index (κ3) is 3.19. The van der Waals surface area contributed by atoms with E-state index in [9.17, 15) is 4.79 Å². The first-order chi connectivity index (χ1) is 12.1. The monoisotopic (exact) mass is 344 g/mol. The molecular weight excluding hydrogens is 320 g/mol. The van der Waals surface area contributed by atoms with E-state index in [4.69, 9.17) is 10.5 Å². The number of fused-ring (bicyclic) bond motifs is 1. The molecule has 0 radical (unpaired) electrons. The van der Waals surface area contributed by atoms with Gasteiger partial charge in [-0.25, -0.2) is 9.97 Å². The molecule has 2 aliphatic heterocycles. The number of hydrogen-bond acceptors (Lipinski definition) is 6. The van der Waals surface area contributed by atoms with Crippen LogP contribution in [0.15, 0.2) is 18.6 Å². The Balaban J connectivity index is 1.40. The summed E-state index contributed by atoms with van der Waals surface area (Å²) in [6, 6.07) is 2.14. The van der Waals surface area contributed by atoms with Crippen LogP contribution in [0.2, 0.25) is 0 Å². The zero-order valence-corrected chi connectivity index (χ0v) is 14.4. The Morgan fingerprint density at radius 3 is 2.88 bits per heavy atom. The van der Waals surface area contributed by atoms with Crippen molar-refractivity contribution in [2.75, 3.05) is 25.9 Å². The molecule has 2 unspecified atom stereocenters. The Kier molecular flexibility index (Phi) is 4.30. The first-order valence-corrected chi connectivity index (χ1v) is 8.83. The zero-order chi connectivity index (χ0) is 17.4. The number of nitrogen functional groups attached to an aromatic ring is 1. The molecule has 0 spiro atoms. The maximum Gasteiger partial charge on any atom is 0.249 e. The molecule has 2 aromatic rings. The van der Waals surface area contributed by atoms with E-state index < -0.39 is 6.10 Å². The molecule has 2 saturated heterocycles. The smallest absolute Gasteiger partial charge is 0.249 e. The van der Waals surface area contributed by atoms with Gasteiger partial charge in [0.1, 0.15) is 30.1 Å². The number of aromatic nitrogens is 3. The van der Waals surface area contributed by atoms with E-state index in [0.717, 1.165) is 43.4 Å². The summed E-state index contributed by atoms with van der Waals surface area (Å²) in [5, 5.41) is 3.96. The second kappa shape index (κ2) is 6.61. The van der Waals surface area contributed by atoms with Crippen molar-refractivity contribution in [1.82, 2.24) is 24.8 Å². The molecule has 0 saturated carbocycles. The minimum Gasteiger partial charge on any atom is -0.383 e. The normalized spacial score (nSPS) is 25.5. The predicted octanol–water partition coefficient (Wildman–Crippen LogP) is 0.901. The number of nitrogens with two attached hydrogens (primary N) is 1. The number of carbonyl (C=O) groups excluding carboxylic acids is 1.